The third-order valence-corrected chi connectivity index (χ3v) is 4.43. The van der Waals surface area contributed by atoms with Gasteiger partial charge in [0, 0.05) is 38.0 Å². The molecule has 0 radical (unpaired) electrons. The molecule has 0 aromatic heterocycles. The van der Waals surface area contributed by atoms with E-state index in [9.17, 15) is 9.90 Å². The summed E-state index contributed by atoms with van der Waals surface area (Å²) in [4.78, 5) is 15.6. The third kappa shape index (κ3) is 2.51. The van der Waals surface area contributed by atoms with E-state index < -0.39 is 6.10 Å². The van der Waals surface area contributed by atoms with Gasteiger partial charge in [-0.05, 0) is 31.9 Å². The van der Waals surface area contributed by atoms with E-state index >= 15 is 0 Å². The number of aliphatic hydroxyl groups is 1. The predicted octanol–water partition coefficient (Wildman–Crippen LogP) is 1.70. The van der Waals surface area contributed by atoms with Crippen LogP contribution in [0.1, 0.15) is 31.4 Å². The van der Waals surface area contributed by atoms with Crippen molar-refractivity contribution in [3.05, 3.63) is 23.8 Å². The maximum absolute atomic E-state index is 11.8. The van der Waals surface area contributed by atoms with Gasteiger partial charge in [0.15, 0.2) is 6.10 Å². The van der Waals surface area contributed by atoms with Crippen molar-refractivity contribution >= 4 is 17.3 Å². The number of benzene rings is 1. The largest absolute Gasteiger partial charge is 0.378 e. The molecule has 2 unspecified atom stereocenters. The molecule has 2 heterocycles. The number of nitrogens with zero attached hydrogens (tertiary/aromatic N) is 2. The van der Waals surface area contributed by atoms with Crippen molar-refractivity contribution in [3.63, 3.8) is 0 Å². The number of rotatable bonds is 4. The SMILES string of the molecule is CCN(CC1CCCO1)c1ccc2c(c1)N(C)C(=O)C2O. The molecule has 2 aliphatic heterocycles. The second-order valence-corrected chi connectivity index (χ2v) is 5.72. The molecule has 0 aliphatic carbocycles. The second-order valence-electron chi connectivity index (χ2n) is 5.72. The van der Waals surface area contributed by atoms with Crippen molar-refractivity contribution in [1.29, 1.82) is 0 Å². The Labute approximate surface area is 125 Å². The topological polar surface area (TPSA) is 53.0 Å². The first-order valence-electron chi connectivity index (χ1n) is 7.58. The van der Waals surface area contributed by atoms with Crippen LogP contribution >= 0.6 is 0 Å². The Morgan fingerprint density at radius 2 is 2.29 bits per heavy atom. The Morgan fingerprint density at radius 3 is 2.95 bits per heavy atom. The number of ether oxygens (including phenoxy) is 1. The normalized spacial score (nSPS) is 24.5. The molecule has 2 atom stereocenters. The van der Waals surface area contributed by atoms with Gasteiger partial charge in [0.2, 0.25) is 0 Å². The Morgan fingerprint density at radius 1 is 1.48 bits per heavy atom. The van der Waals surface area contributed by atoms with Crippen molar-refractivity contribution in [1.82, 2.24) is 0 Å². The molecular formula is C16H22N2O3. The summed E-state index contributed by atoms with van der Waals surface area (Å²) in [6, 6.07) is 5.82. The monoisotopic (exact) mass is 290 g/mol. The fourth-order valence-electron chi connectivity index (χ4n) is 3.14. The van der Waals surface area contributed by atoms with E-state index in [-0.39, 0.29) is 5.91 Å². The lowest BCUT2D eigenvalue weighted by atomic mass is 10.1. The number of hydrogen-bond acceptors (Lipinski definition) is 4. The highest BCUT2D eigenvalue weighted by Gasteiger charge is 2.34. The van der Waals surface area contributed by atoms with Crippen molar-refractivity contribution in [2.24, 2.45) is 0 Å². The van der Waals surface area contributed by atoms with Gasteiger partial charge in [-0.3, -0.25) is 4.79 Å². The van der Waals surface area contributed by atoms with Crippen LogP contribution in [0.5, 0.6) is 0 Å². The van der Waals surface area contributed by atoms with Gasteiger partial charge in [-0.2, -0.15) is 0 Å². The lowest BCUT2D eigenvalue weighted by Crippen LogP contribution is -2.32. The Bertz CT molecular complexity index is 540. The number of likely N-dealkylation sites (N-methyl/N-ethyl adjacent to an activating group) is 2. The fraction of sp³-hybridized carbons (Fsp3) is 0.562. The number of hydrogen-bond donors (Lipinski definition) is 1. The lowest BCUT2D eigenvalue weighted by Gasteiger charge is -2.27. The third-order valence-electron chi connectivity index (χ3n) is 4.43. The molecule has 5 nitrogen and oxygen atoms in total. The smallest absolute Gasteiger partial charge is 0.260 e. The molecule has 1 aromatic rings. The molecule has 5 heteroatoms. The maximum atomic E-state index is 11.8. The summed E-state index contributed by atoms with van der Waals surface area (Å²) < 4.78 is 5.71. The van der Waals surface area contributed by atoms with Gasteiger partial charge in [0.05, 0.1) is 11.8 Å². The molecule has 1 N–H and O–H groups in total. The summed E-state index contributed by atoms with van der Waals surface area (Å²) in [6.07, 6.45) is 1.52. The number of fused-ring (bicyclic) bond motifs is 1. The molecule has 0 bridgehead atoms. The molecule has 1 amide bonds. The lowest BCUT2D eigenvalue weighted by molar-refractivity contribution is -0.125. The van der Waals surface area contributed by atoms with E-state index in [1.807, 2.05) is 18.2 Å². The number of anilines is 2. The Hall–Kier alpha value is -1.59. The number of carbonyl (C=O) groups is 1. The van der Waals surface area contributed by atoms with Crippen LogP contribution in [0.3, 0.4) is 0 Å². The van der Waals surface area contributed by atoms with E-state index in [0.717, 1.165) is 43.9 Å². The molecule has 1 saturated heterocycles. The van der Waals surface area contributed by atoms with E-state index in [1.54, 1.807) is 7.05 Å². The van der Waals surface area contributed by atoms with Crippen LogP contribution in [0.4, 0.5) is 11.4 Å². The Kier molecular flexibility index (Phi) is 3.87. The molecule has 0 saturated carbocycles. The number of aliphatic hydroxyl groups excluding tert-OH is 1. The zero-order valence-corrected chi connectivity index (χ0v) is 12.6. The van der Waals surface area contributed by atoms with Crippen LogP contribution in [0.2, 0.25) is 0 Å². The highest BCUT2D eigenvalue weighted by Crippen LogP contribution is 2.37. The second kappa shape index (κ2) is 5.66. The fourth-order valence-corrected chi connectivity index (χ4v) is 3.14. The average Bonchev–Trinajstić information content (AvgIpc) is 3.09. The highest BCUT2D eigenvalue weighted by atomic mass is 16.5. The van der Waals surface area contributed by atoms with E-state index in [4.69, 9.17) is 4.74 Å². The van der Waals surface area contributed by atoms with Gasteiger partial charge in [-0.25, -0.2) is 0 Å². The van der Waals surface area contributed by atoms with Crippen molar-refractivity contribution in [2.45, 2.75) is 32.0 Å². The number of amides is 1. The van der Waals surface area contributed by atoms with Crippen LogP contribution in [0.25, 0.3) is 0 Å². The first-order chi connectivity index (χ1) is 10.1. The summed E-state index contributed by atoms with van der Waals surface area (Å²) in [7, 11) is 1.71. The maximum Gasteiger partial charge on any atom is 0.260 e. The van der Waals surface area contributed by atoms with Crippen molar-refractivity contribution in [3.8, 4) is 0 Å². The molecule has 0 spiro atoms. The summed E-state index contributed by atoms with van der Waals surface area (Å²) in [6.45, 7) is 4.73. The van der Waals surface area contributed by atoms with Gasteiger partial charge in [0.25, 0.3) is 5.91 Å². The summed E-state index contributed by atoms with van der Waals surface area (Å²) in [5, 5.41) is 9.91. The van der Waals surface area contributed by atoms with Crippen molar-refractivity contribution in [2.75, 3.05) is 36.5 Å². The molecule has 1 fully saturated rings. The quantitative estimate of drug-likeness (QED) is 0.917. The summed E-state index contributed by atoms with van der Waals surface area (Å²) in [5.41, 5.74) is 2.57. The van der Waals surface area contributed by atoms with Gasteiger partial charge in [-0.15, -0.1) is 0 Å². The van der Waals surface area contributed by atoms with Gasteiger partial charge in [0.1, 0.15) is 0 Å². The minimum Gasteiger partial charge on any atom is -0.378 e. The molecule has 114 valence electrons. The van der Waals surface area contributed by atoms with Gasteiger partial charge in [-0.1, -0.05) is 6.07 Å². The van der Waals surface area contributed by atoms with Gasteiger partial charge >= 0.3 is 0 Å². The van der Waals surface area contributed by atoms with Crippen LogP contribution in [-0.2, 0) is 9.53 Å². The van der Waals surface area contributed by atoms with Crippen LogP contribution in [0.15, 0.2) is 18.2 Å². The van der Waals surface area contributed by atoms with Crippen LogP contribution < -0.4 is 9.80 Å². The predicted molar refractivity (Wildman–Crippen MR) is 81.7 cm³/mol. The standard InChI is InChI=1S/C16H22N2O3/c1-3-18(10-12-5-4-8-21-12)11-6-7-13-14(9-11)17(2)16(20)15(13)19/h6-7,9,12,15,19H,3-5,8,10H2,1-2H3. The van der Waals surface area contributed by atoms with E-state index in [1.165, 1.54) is 4.90 Å². The van der Waals surface area contributed by atoms with E-state index in [0.29, 0.717) is 11.7 Å². The van der Waals surface area contributed by atoms with Crippen molar-refractivity contribution < 1.29 is 14.6 Å². The minimum atomic E-state index is -1.02. The summed E-state index contributed by atoms with van der Waals surface area (Å²) >= 11 is 0. The molecule has 21 heavy (non-hydrogen) atoms. The van der Waals surface area contributed by atoms with Crippen LogP contribution in [0, 0.1) is 0 Å². The zero-order valence-electron chi connectivity index (χ0n) is 12.6. The average molecular weight is 290 g/mol. The number of carbonyl (C=O) groups excluding carboxylic acids is 1. The first-order valence-corrected chi connectivity index (χ1v) is 7.58. The first kappa shape index (κ1) is 14.4. The minimum absolute atomic E-state index is 0.260. The zero-order chi connectivity index (χ0) is 15.0. The Balaban J connectivity index is 1.83. The molecule has 3 rings (SSSR count). The van der Waals surface area contributed by atoms with Gasteiger partial charge < -0.3 is 19.6 Å². The molecular weight excluding hydrogens is 268 g/mol. The highest BCUT2D eigenvalue weighted by molar-refractivity contribution is 6.03. The molecule has 2 aliphatic rings. The van der Waals surface area contributed by atoms with Crippen LogP contribution in [-0.4, -0.2) is 43.9 Å². The van der Waals surface area contributed by atoms with E-state index in [2.05, 4.69) is 11.8 Å². The molecule has 1 aromatic carbocycles. The summed E-state index contributed by atoms with van der Waals surface area (Å²) in [5.74, 6) is -0.260.